The number of ether oxygens (including phenoxy) is 1. The van der Waals surface area contributed by atoms with E-state index in [1.165, 1.54) is 17.7 Å². The number of hydrogen-bond acceptors (Lipinski definition) is 4. The van der Waals surface area contributed by atoms with Gasteiger partial charge in [-0.1, -0.05) is 6.07 Å². The molecule has 98 valence electrons. The normalized spacial score (nSPS) is 10.2. The highest BCUT2D eigenvalue weighted by molar-refractivity contribution is 5.88. The second kappa shape index (κ2) is 5.48. The van der Waals surface area contributed by atoms with Crippen LogP contribution >= 0.6 is 0 Å². The van der Waals surface area contributed by atoms with Gasteiger partial charge in [0.05, 0.1) is 13.7 Å². The van der Waals surface area contributed by atoms with Gasteiger partial charge in [0.2, 0.25) is 0 Å². The van der Waals surface area contributed by atoms with Gasteiger partial charge >= 0.3 is 5.97 Å². The maximum Gasteiger partial charge on any atom is 0.343 e. The molecule has 5 heteroatoms. The zero-order valence-electron chi connectivity index (χ0n) is 10.8. The topological polar surface area (TPSA) is 61.2 Å². The molecule has 0 amide bonds. The van der Waals surface area contributed by atoms with Gasteiger partial charge in [-0.25, -0.2) is 4.79 Å². The summed E-state index contributed by atoms with van der Waals surface area (Å²) in [5, 5.41) is 0. The molecule has 0 bridgehead atoms. The third kappa shape index (κ3) is 2.88. The van der Waals surface area contributed by atoms with Gasteiger partial charge in [-0.15, -0.1) is 0 Å². The molecule has 2 aromatic rings. The summed E-state index contributed by atoms with van der Waals surface area (Å²) in [7, 11) is 1.25. The zero-order valence-corrected chi connectivity index (χ0v) is 10.8. The summed E-state index contributed by atoms with van der Waals surface area (Å²) in [6.45, 7) is 2.27. The summed E-state index contributed by atoms with van der Waals surface area (Å²) in [6.07, 6.45) is 3.35. The lowest BCUT2D eigenvalue weighted by molar-refractivity contribution is 0.0598. The Morgan fingerprint density at radius 1 is 1.37 bits per heavy atom. The van der Waals surface area contributed by atoms with E-state index in [4.69, 9.17) is 0 Å². The first-order valence-electron chi connectivity index (χ1n) is 5.81. The quantitative estimate of drug-likeness (QED) is 0.780. The first-order chi connectivity index (χ1) is 9.11. The number of carbonyl (C=O) groups is 1. The number of aromatic nitrogens is 2. The van der Waals surface area contributed by atoms with Crippen LogP contribution in [0, 0.1) is 6.92 Å². The second-order valence-electron chi connectivity index (χ2n) is 4.15. The maximum atomic E-state index is 12.1. The Morgan fingerprint density at radius 2 is 2.16 bits per heavy atom. The molecule has 5 nitrogen and oxygen atoms in total. The van der Waals surface area contributed by atoms with Crippen LogP contribution < -0.4 is 5.56 Å². The minimum Gasteiger partial charge on any atom is -0.465 e. The molecular weight excluding hydrogens is 244 g/mol. The van der Waals surface area contributed by atoms with E-state index in [-0.39, 0.29) is 11.1 Å². The van der Waals surface area contributed by atoms with Gasteiger partial charge in [-0.3, -0.25) is 9.78 Å². The van der Waals surface area contributed by atoms with E-state index in [2.05, 4.69) is 9.72 Å². The van der Waals surface area contributed by atoms with Crippen LogP contribution in [0.3, 0.4) is 0 Å². The van der Waals surface area contributed by atoms with Crippen molar-refractivity contribution in [3.63, 3.8) is 0 Å². The molecule has 0 spiro atoms. The van der Waals surface area contributed by atoms with E-state index in [0.717, 1.165) is 11.3 Å². The van der Waals surface area contributed by atoms with Crippen molar-refractivity contribution in [3.8, 4) is 0 Å². The molecule has 0 aromatic carbocycles. The predicted molar refractivity (Wildman–Crippen MR) is 70.1 cm³/mol. The lowest BCUT2D eigenvalue weighted by Crippen LogP contribution is -2.26. The van der Waals surface area contributed by atoms with E-state index < -0.39 is 5.97 Å². The molecule has 0 saturated carbocycles. The monoisotopic (exact) mass is 258 g/mol. The summed E-state index contributed by atoms with van der Waals surface area (Å²) in [6, 6.07) is 6.89. The highest BCUT2D eigenvalue weighted by atomic mass is 16.5. The van der Waals surface area contributed by atoms with Crippen LogP contribution in [-0.4, -0.2) is 22.6 Å². The average molecular weight is 258 g/mol. The molecule has 0 aliphatic heterocycles. The van der Waals surface area contributed by atoms with Gasteiger partial charge in [0, 0.05) is 18.1 Å². The minimum absolute atomic E-state index is 0.0325. The molecule has 0 N–H and O–H groups in total. The third-order valence-electron chi connectivity index (χ3n) is 2.75. The summed E-state index contributed by atoms with van der Waals surface area (Å²) in [4.78, 5) is 27.7. The molecule has 0 radical (unpaired) electrons. The third-order valence-corrected chi connectivity index (χ3v) is 2.75. The molecule has 0 aliphatic rings. The predicted octanol–water partition coefficient (Wildman–Crippen LogP) is 1.39. The van der Waals surface area contributed by atoms with Crippen molar-refractivity contribution in [2.45, 2.75) is 13.5 Å². The number of nitrogens with zero attached hydrogens (tertiary/aromatic N) is 2. The Morgan fingerprint density at radius 3 is 2.79 bits per heavy atom. The largest absolute Gasteiger partial charge is 0.465 e. The number of aryl methyl sites for hydroxylation is 1. The van der Waals surface area contributed by atoms with Crippen molar-refractivity contribution in [3.05, 3.63) is 63.8 Å². The Labute approximate surface area is 110 Å². The molecule has 19 heavy (non-hydrogen) atoms. The molecule has 2 rings (SSSR count). The van der Waals surface area contributed by atoms with Gasteiger partial charge < -0.3 is 9.30 Å². The lowest BCUT2D eigenvalue weighted by atomic mass is 10.2. The molecular formula is C14H14N2O3. The van der Waals surface area contributed by atoms with Crippen LogP contribution in [0.15, 0.2) is 41.5 Å². The Balaban J connectivity index is 2.33. The van der Waals surface area contributed by atoms with Crippen LogP contribution in [0.2, 0.25) is 0 Å². The van der Waals surface area contributed by atoms with Crippen LogP contribution in [0.1, 0.15) is 21.6 Å². The highest BCUT2D eigenvalue weighted by Gasteiger charge is 2.12. The fourth-order valence-electron chi connectivity index (χ4n) is 1.72. The van der Waals surface area contributed by atoms with Crippen molar-refractivity contribution in [2.24, 2.45) is 0 Å². The van der Waals surface area contributed by atoms with Gasteiger partial charge in [-0.05, 0) is 30.7 Å². The first-order valence-corrected chi connectivity index (χ1v) is 5.81. The van der Waals surface area contributed by atoms with E-state index in [0.29, 0.717) is 6.54 Å². The average Bonchev–Trinajstić information content (AvgIpc) is 2.43. The second-order valence-corrected chi connectivity index (χ2v) is 4.15. The van der Waals surface area contributed by atoms with Crippen LogP contribution in [0.25, 0.3) is 0 Å². The minimum atomic E-state index is -0.624. The van der Waals surface area contributed by atoms with E-state index in [1.54, 1.807) is 18.5 Å². The number of hydrogen-bond donors (Lipinski definition) is 0. The Kier molecular flexibility index (Phi) is 3.75. The molecule has 0 aliphatic carbocycles. The SMILES string of the molecule is COC(=O)c1cccn(Cc2ccc(C)nc2)c1=O. The fraction of sp³-hybridized carbons (Fsp3) is 0.214. The number of methoxy groups -OCH3 is 1. The van der Waals surface area contributed by atoms with E-state index >= 15 is 0 Å². The number of carbonyl (C=O) groups excluding carboxylic acids is 1. The maximum absolute atomic E-state index is 12.1. The molecule has 2 aromatic heterocycles. The molecule has 0 unspecified atom stereocenters. The molecule has 0 atom stereocenters. The van der Waals surface area contributed by atoms with Gasteiger partial charge in [0.1, 0.15) is 5.56 Å². The highest BCUT2D eigenvalue weighted by Crippen LogP contribution is 2.02. The van der Waals surface area contributed by atoms with Crippen molar-refractivity contribution < 1.29 is 9.53 Å². The van der Waals surface area contributed by atoms with Crippen molar-refractivity contribution in [1.82, 2.24) is 9.55 Å². The Hall–Kier alpha value is -2.43. The van der Waals surface area contributed by atoms with Crippen LogP contribution in [0.5, 0.6) is 0 Å². The zero-order chi connectivity index (χ0) is 13.8. The molecule has 0 fully saturated rings. The number of esters is 1. The number of pyridine rings is 2. The fourth-order valence-corrected chi connectivity index (χ4v) is 1.72. The van der Waals surface area contributed by atoms with Crippen molar-refractivity contribution in [2.75, 3.05) is 7.11 Å². The standard InChI is InChI=1S/C14H14N2O3/c1-10-5-6-11(8-15-10)9-16-7-3-4-12(13(16)17)14(18)19-2/h3-8H,9H2,1-2H3. The van der Waals surface area contributed by atoms with Crippen molar-refractivity contribution in [1.29, 1.82) is 0 Å². The van der Waals surface area contributed by atoms with Crippen LogP contribution in [0.4, 0.5) is 0 Å². The lowest BCUT2D eigenvalue weighted by Gasteiger charge is -2.07. The molecule has 0 saturated heterocycles. The summed E-state index contributed by atoms with van der Waals surface area (Å²) >= 11 is 0. The van der Waals surface area contributed by atoms with Gasteiger partial charge in [-0.2, -0.15) is 0 Å². The summed E-state index contributed by atoms with van der Waals surface area (Å²) in [5.74, 6) is -0.624. The number of rotatable bonds is 3. The Bertz CT molecular complexity index is 644. The van der Waals surface area contributed by atoms with E-state index in [1.807, 2.05) is 19.1 Å². The van der Waals surface area contributed by atoms with Crippen molar-refractivity contribution >= 4 is 5.97 Å². The smallest absolute Gasteiger partial charge is 0.343 e. The summed E-state index contributed by atoms with van der Waals surface area (Å²) in [5.41, 5.74) is 1.48. The van der Waals surface area contributed by atoms with Gasteiger partial charge in [0.25, 0.3) is 5.56 Å². The summed E-state index contributed by atoms with van der Waals surface area (Å²) < 4.78 is 6.03. The van der Waals surface area contributed by atoms with Gasteiger partial charge in [0.15, 0.2) is 0 Å². The first kappa shape index (κ1) is 13.0. The van der Waals surface area contributed by atoms with E-state index in [9.17, 15) is 9.59 Å². The molecule has 2 heterocycles. The van der Waals surface area contributed by atoms with Crippen LogP contribution in [-0.2, 0) is 11.3 Å².